The van der Waals surface area contributed by atoms with Gasteiger partial charge in [0, 0.05) is 23.9 Å². The summed E-state index contributed by atoms with van der Waals surface area (Å²) in [6.07, 6.45) is 1.58. The number of halogens is 4. The Morgan fingerprint density at radius 1 is 1.33 bits per heavy atom. The largest absolute Gasteiger partial charge is 0.310 e. The first-order chi connectivity index (χ1) is 9.93. The molecule has 1 N–H and O–H groups in total. The van der Waals surface area contributed by atoms with Crippen LogP contribution in [0.3, 0.4) is 0 Å². The van der Waals surface area contributed by atoms with Crippen LogP contribution in [0.25, 0.3) is 0 Å². The van der Waals surface area contributed by atoms with Crippen LogP contribution in [0, 0.1) is 11.7 Å². The molecule has 1 aromatic rings. The molecule has 1 aliphatic rings. The highest BCUT2D eigenvalue weighted by Gasteiger charge is 2.38. The van der Waals surface area contributed by atoms with E-state index in [9.17, 15) is 13.2 Å². The van der Waals surface area contributed by atoms with Crippen molar-refractivity contribution in [3.05, 3.63) is 34.6 Å². The summed E-state index contributed by atoms with van der Waals surface area (Å²) >= 11 is 6.19. The maximum Gasteiger partial charge on any atom is 0.248 e. The van der Waals surface area contributed by atoms with Crippen LogP contribution < -0.4 is 5.32 Å². The maximum absolute atomic E-state index is 13.5. The third kappa shape index (κ3) is 4.36. The minimum Gasteiger partial charge on any atom is -0.310 e. The molecule has 1 aromatic carbocycles. The summed E-state index contributed by atoms with van der Waals surface area (Å²) in [7, 11) is 0. The lowest BCUT2D eigenvalue weighted by atomic mass is 9.79. The van der Waals surface area contributed by atoms with E-state index in [0.717, 1.165) is 13.0 Å². The fraction of sp³-hybridized carbons (Fsp3) is 0.625. The van der Waals surface area contributed by atoms with Crippen LogP contribution in [0.2, 0.25) is 5.02 Å². The number of hydrogen-bond donors (Lipinski definition) is 1. The topological polar surface area (TPSA) is 12.0 Å². The molecule has 0 amide bonds. The smallest absolute Gasteiger partial charge is 0.248 e. The molecule has 0 aliphatic heterocycles. The monoisotopic (exact) mass is 319 g/mol. The van der Waals surface area contributed by atoms with Gasteiger partial charge in [-0.25, -0.2) is 13.2 Å². The second-order valence-electron chi connectivity index (χ2n) is 5.79. The molecular formula is C16H21ClF3N. The van der Waals surface area contributed by atoms with E-state index in [4.69, 9.17) is 11.6 Å². The molecule has 0 saturated heterocycles. The number of nitrogens with one attached hydrogen (secondary N) is 1. The number of alkyl halides is 2. The van der Waals surface area contributed by atoms with Gasteiger partial charge in [0.15, 0.2) is 0 Å². The Morgan fingerprint density at radius 2 is 2.00 bits per heavy atom. The van der Waals surface area contributed by atoms with E-state index in [1.54, 1.807) is 0 Å². The molecule has 0 heterocycles. The zero-order valence-corrected chi connectivity index (χ0v) is 12.9. The summed E-state index contributed by atoms with van der Waals surface area (Å²) in [4.78, 5) is 0. The van der Waals surface area contributed by atoms with Crippen molar-refractivity contribution in [1.82, 2.24) is 5.32 Å². The van der Waals surface area contributed by atoms with Crippen molar-refractivity contribution in [2.75, 3.05) is 6.54 Å². The lowest BCUT2D eigenvalue weighted by molar-refractivity contribution is -0.0497. The highest BCUT2D eigenvalue weighted by Crippen LogP contribution is 2.42. The van der Waals surface area contributed by atoms with Gasteiger partial charge in [-0.1, -0.05) is 18.5 Å². The van der Waals surface area contributed by atoms with E-state index < -0.39 is 5.92 Å². The van der Waals surface area contributed by atoms with Crippen LogP contribution >= 0.6 is 11.6 Å². The first-order valence-electron chi connectivity index (χ1n) is 7.49. The van der Waals surface area contributed by atoms with E-state index in [1.165, 1.54) is 18.2 Å². The summed E-state index contributed by atoms with van der Waals surface area (Å²) in [6.45, 7) is 2.79. The van der Waals surface area contributed by atoms with Crippen molar-refractivity contribution in [2.45, 2.75) is 51.0 Å². The number of rotatable bonds is 5. The van der Waals surface area contributed by atoms with Gasteiger partial charge < -0.3 is 5.32 Å². The predicted molar refractivity (Wildman–Crippen MR) is 79.3 cm³/mol. The molecule has 0 spiro atoms. The second-order valence-corrected chi connectivity index (χ2v) is 6.20. The minimum absolute atomic E-state index is 0.0653. The Kier molecular flexibility index (Phi) is 5.55. The summed E-state index contributed by atoms with van der Waals surface area (Å²) in [5.41, 5.74) is 0.681. The fourth-order valence-corrected chi connectivity index (χ4v) is 3.21. The molecule has 5 heteroatoms. The predicted octanol–water partition coefficient (Wildman–Crippen LogP) is 5.35. The second kappa shape index (κ2) is 7.01. The quantitative estimate of drug-likeness (QED) is 0.772. The van der Waals surface area contributed by atoms with E-state index in [-0.39, 0.29) is 30.6 Å². The van der Waals surface area contributed by atoms with E-state index in [2.05, 4.69) is 5.32 Å². The Balaban J connectivity index is 2.20. The van der Waals surface area contributed by atoms with Gasteiger partial charge in [0.2, 0.25) is 5.92 Å². The fourth-order valence-electron chi connectivity index (χ4n) is 2.98. The Morgan fingerprint density at radius 3 is 2.62 bits per heavy atom. The van der Waals surface area contributed by atoms with E-state index in [1.807, 2.05) is 6.92 Å². The highest BCUT2D eigenvalue weighted by molar-refractivity contribution is 6.31. The van der Waals surface area contributed by atoms with Crippen LogP contribution in [-0.2, 0) is 0 Å². The average molecular weight is 320 g/mol. The van der Waals surface area contributed by atoms with Crippen molar-refractivity contribution in [2.24, 2.45) is 5.92 Å². The standard InChI is InChI=1S/C16H21ClF3N/c1-2-9-21-15(11-5-7-16(19,20)8-6-11)13-10-12(18)3-4-14(13)17/h3-4,10-11,15,21H,2,5-9H2,1H3. The summed E-state index contributed by atoms with van der Waals surface area (Å²) in [6, 6.07) is 4.11. The number of hydrogen-bond acceptors (Lipinski definition) is 1. The van der Waals surface area contributed by atoms with Crippen LogP contribution in [0.1, 0.15) is 50.6 Å². The Bertz CT molecular complexity index is 469. The van der Waals surface area contributed by atoms with Crippen LogP contribution in [0.4, 0.5) is 13.2 Å². The minimum atomic E-state index is -2.56. The first-order valence-corrected chi connectivity index (χ1v) is 7.87. The SMILES string of the molecule is CCCNC(c1cc(F)ccc1Cl)C1CCC(F)(F)CC1. The van der Waals surface area contributed by atoms with Crippen LogP contribution in [-0.4, -0.2) is 12.5 Å². The molecule has 0 aromatic heterocycles. The van der Waals surface area contributed by atoms with E-state index in [0.29, 0.717) is 23.4 Å². The van der Waals surface area contributed by atoms with Gasteiger partial charge in [-0.05, 0) is 55.5 Å². The van der Waals surface area contributed by atoms with Crippen molar-refractivity contribution in [1.29, 1.82) is 0 Å². The van der Waals surface area contributed by atoms with Gasteiger partial charge in [0.1, 0.15) is 5.82 Å². The van der Waals surface area contributed by atoms with Crippen molar-refractivity contribution >= 4 is 11.6 Å². The molecule has 1 saturated carbocycles. The molecule has 1 fully saturated rings. The molecule has 1 unspecified atom stereocenters. The molecule has 118 valence electrons. The van der Waals surface area contributed by atoms with Gasteiger partial charge in [-0.3, -0.25) is 0 Å². The summed E-state index contributed by atoms with van der Waals surface area (Å²) in [5, 5.41) is 3.84. The zero-order chi connectivity index (χ0) is 15.5. The van der Waals surface area contributed by atoms with Crippen molar-refractivity contribution < 1.29 is 13.2 Å². The Labute approximate surface area is 128 Å². The van der Waals surface area contributed by atoms with Crippen LogP contribution in [0.5, 0.6) is 0 Å². The van der Waals surface area contributed by atoms with Crippen molar-refractivity contribution in [3.63, 3.8) is 0 Å². The summed E-state index contributed by atoms with van der Waals surface area (Å²) < 4.78 is 40.2. The van der Waals surface area contributed by atoms with Crippen LogP contribution in [0.15, 0.2) is 18.2 Å². The number of benzene rings is 1. The molecule has 1 aliphatic carbocycles. The lowest BCUT2D eigenvalue weighted by Crippen LogP contribution is -2.34. The van der Waals surface area contributed by atoms with E-state index >= 15 is 0 Å². The van der Waals surface area contributed by atoms with Gasteiger partial charge >= 0.3 is 0 Å². The maximum atomic E-state index is 13.5. The molecule has 21 heavy (non-hydrogen) atoms. The summed E-state index contributed by atoms with van der Waals surface area (Å²) in [5.74, 6) is -2.84. The molecule has 0 bridgehead atoms. The molecular weight excluding hydrogens is 299 g/mol. The zero-order valence-electron chi connectivity index (χ0n) is 12.1. The van der Waals surface area contributed by atoms with Gasteiger partial charge in [0.25, 0.3) is 0 Å². The Hall–Kier alpha value is -0.740. The van der Waals surface area contributed by atoms with Crippen molar-refractivity contribution in [3.8, 4) is 0 Å². The first kappa shape index (κ1) is 16.6. The average Bonchev–Trinajstić information content (AvgIpc) is 2.44. The third-order valence-electron chi connectivity index (χ3n) is 4.14. The highest BCUT2D eigenvalue weighted by atomic mass is 35.5. The lowest BCUT2D eigenvalue weighted by Gasteiger charge is -2.35. The molecule has 2 rings (SSSR count). The molecule has 1 atom stereocenters. The van der Waals surface area contributed by atoms with Gasteiger partial charge in [-0.15, -0.1) is 0 Å². The molecule has 0 radical (unpaired) electrons. The van der Waals surface area contributed by atoms with Gasteiger partial charge in [-0.2, -0.15) is 0 Å². The molecule has 1 nitrogen and oxygen atoms in total. The van der Waals surface area contributed by atoms with Gasteiger partial charge in [0.05, 0.1) is 0 Å². The normalized spacial score (nSPS) is 20.4. The third-order valence-corrected chi connectivity index (χ3v) is 4.48.